The van der Waals surface area contributed by atoms with Crippen LogP contribution in [-0.4, -0.2) is 49.5 Å². The number of benzene rings is 2. The fourth-order valence-electron chi connectivity index (χ4n) is 3.77. The molecule has 0 saturated heterocycles. The number of para-hydroxylation sites is 1. The van der Waals surface area contributed by atoms with Gasteiger partial charge in [0.1, 0.15) is 6.04 Å². The monoisotopic (exact) mass is 501 g/mol. The van der Waals surface area contributed by atoms with Crippen LogP contribution in [0.1, 0.15) is 57.2 Å². The number of nitrogens with one attached hydrogen (secondary N) is 1. The van der Waals surface area contributed by atoms with Gasteiger partial charge in [0.15, 0.2) is 0 Å². The van der Waals surface area contributed by atoms with Crippen molar-refractivity contribution >= 4 is 27.5 Å². The van der Waals surface area contributed by atoms with E-state index in [1.54, 1.807) is 24.0 Å². The average molecular weight is 502 g/mol. The van der Waals surface area contributed by atoms with Gasteiger partial charge in [-0.1, -0.05) is 48.0 Å². The van der Waals surface area contributed by atoms with Gasteiger partial charge in [0.2, 0.25) is 21.8 Å². The number of hydrogen-bond donors (Lipinski definition) is 1. The maximum atomic E-state index is 13.3. The van der Waals surface area contributed by atoms with E-state index in [4.69, 9.17) is 0 Å². The van der Waals surface area contributed by atoms with E-state index in [9.17, 15) is 18.0 Å². The van der Waals surface area contributed by atoms with Gasteiger partial charge in [-0.25, -0.2) is 8.42 Å². The Morgan fingerprint density at radius 1 is 1.00 bits per heavy atom. The van der Waals surface area contributed by atoms with Crippen LogP contribution in [0.4, 0.5) is 5.69 Å². The predicted octanol–water partition coefficient (Wildman–Crippen LogP) is 4.18. The normalized spacial score (nSPS) is 12.7. The van der Waals surface area contributed by atoms with Crippen LogP contribution in [0.25, 0.3) is 0 Å². The second-order valence-electron chi connectivity index (χ2n) is 10.1. The quantitative estimate of drug-likeness (QED) is 0.529. The summed E-state index contributed by atoms with van der Waals surface area (Å²) < 4.78 is 26.3. The molecule has 2 aromatic rings. The highest BCUT2D eigenvalue weighted by Crippen LogP contribution is 2.23. The van der Waals surface area contributed by atoms with Gasteiger partial charge < -0.3 is 10.2 Å². The van der Waals surface area contributed by atoms with E-state index in [2.05, 4.69) is 5.32 Å². The molecule has 0 aliphatic carbocycles. The van der Waals surface area contributed by atoms with E-state index in [-0.39, 0.29) is 24.8 Å². The average Bonchev–Trinajstić information content (AvgIpc) is 2.74. The number of anilines is 1. The molecule has 0 radical (unpaired) electrons. The smallest absolute Gasteiger partial charge is 0.242 e. The molecular formula is C27H39N3O4S. The molecule has 2 aromatic carbocycles. The minimum Gasteiger partial charge on any atom is -0.350 e. The minimum absolute atomic E-state index is 0.122. The third-order valence-corrected chi connectivity index (χ3v) is 6.86. The Bertz CT molecular complexity index is 1120. The number of hydrogen-bond acceptors (Lipinski definition) is 4. The van der Waals surface area contributed by atoms with Gasteiger partial charge in [-0.2, -0.15) is 0 Å². The van der Waals surface area contributed by atoms with Crippen molar-refractivity contribution in [1.29, 1.82) is 0 Å². The molecule has 0 aromatic heterocycles. The third kappa shape index (κ3) is 8.69. The van der Waals surface area contributed by atoms with E-state index in [0.717, 1.165) is 16.7 Å². The molecule has 8 heteroatoms. The molecule has 0 aliphatic rings. The summed E-state index contributed by atoms with van der Waals surface area (Å²) in [7, 11) is -3.52. The Morgan fingerprint density at radius 2 is 1.60 bits per heavy atom. The van der Waals surface area contributed by atoms with Crippen LogP contribution in [0, 0.1) is 13.8 Å². The summed E-state index contributed by atoms with van der Waals surface area (Å²) in [5, 5.41) is 2.95. The number of carbonyl (C=O) groups is 2. The first-order valence-electron chi connectivity index (χ1n) is 11.9. The van der Waals surface area contributed by atoms with E-state index in [0.29, 0.717) is 18.7 Å². The number of amides is 2. The van der Waals surface area contributed by atoms with Gasteiger partial charge in [0.25, 0.3) is 0 Å². The van der Waals surface area contributed by atoms with Crippen molar-refractivity contribution in [2.45, 2.75) is 72.5 Å². The Kier molecular flexibility index (Phi) is 9.49. The Morgan fingerprint density at radius 3 is 2.14 bits per heavy atom. The highest BCUT2D eigenvalue weighted by Gasteiger charge is 2.28. The zero-order chi connectivity index (χ0) is 26.4. The summed E-state index contributed by atoms with van der Waals surface area (Å²) in [6, 6.07) is 14.5. The molecule has 2 rings (SSSR count). The van der Waals surface area contributed by atoms with E-state index in [1.165, 1.54) is 10.6 Å². The molecular weight excluding hydrogens is 462 g/mol. The summed E-state index contributed by atoms with van der Waals surface area (Å²) in [6.07, 6.45) is 1.62. The summed E-state index contributed by atoms with van der Waals surface area (Å²) in [5.41, 5.74) is 3.07. The third-order valence-electron chi connectivity index (χ3n) is 5.68. The summed E-state index contributed by atoms with van der Waals surface area (Å²) >= 11 is 0. The molecule has 0 unspecified atom stereocenters. The first-order chi connectivity index (χ1) is 16.2. The van der Waals surface area contributed by atoms with E-state index >= 15 is 0 Å². The van der Waals surface area contributed by atoms with Crippen LogP contribution in [-0.2, 0) is 26.2 Å². The van der Waals surface area contributed by atoms with Crippen LogP contribution < -0.4 is 9.62 Å². The van der Waals surface area contributed by atoms with Crippen molar-refractivity contribution in [2.24, 2.45) is 0 Å². The van der Waals surface area contributed by atoms with Gasteiger partial charge in [0.05, 0.1) is 11.9 Å². The van der Waals surface area contributed by atoms with Crippen molar-refractivity contribution in [1.82, 2.24) is 10.2 Å². The lowest BCUT2D eigenvalue weighted by Crippen LogP contribution is -2.52. The lowest BCUT2D eigenvalue weighted by atomic mass is 10.1. The van der Waals surface area contributed by atoms with Crippen molar-refractivity contribution < 1.29 is 18.0 Å². The molecule has 0 bridgehead atoms. The number of sulfonamides is 1. The van der Waals surface area contributed by atoms with E-state index in [1.807, 2.05) is 71.0 Å². The van der Waals surface area contributed by atoms with E-state index < -0.39 is 21.6 Å². The zero-order valence-corrected chi connectivity index (χ0v) is 22.8. The number of carbonyl (C=O) groups excluding carboxylic acids is 2. The van der Waals surface area contributed by atoms with Gasteiger partial charge >= 0.3 is 0 Å². The molecule has 1 N–H and O–H groups in total. The zero-order valence-electron chi connectivity index (χ0n) is 22.0. The van der Waals surface area contributed by atoms with Crippen molar-refractivity contribution in [3.8, 4) is 0 Å². The van der Waals surface area contributed by atoms with Gasteiger partial charge in [-0.15, -0.1) is 0 Å². The molecule has 0 spiro atoms. The molecule has 192 valence electrons. The van der Waals surface area contributed by atoms with Gasteiger partial charge in [0, 0.05) is 25.0 Å². The van der Waals surface area contributed by atoms with Crippen molar-refractivity contribution in [2.75, 3.05) is 17.1 Å². The summed E-state index contributed by atoms with van der Waals surface area (Å²) in [6.45, 7) is 11.7. The maximum absolute atomic E-state index is 13.3. The number of nitrogens with zero attached hydrogens (tertiary/aromatic N) is 2. The second kappa shape index (κ2) is 11.7. The van der Waals surface area contributed by atoms with Crippen LogP contribution in [0.5, 0.6) is 0 Å². The van der Waals surface area contributed by atoms with Crippen LogP contribution >= 0.6 is 0 Å². The van der Waals surface area contributed by atoms with Crippen LogP contribution in [0.15, 0.2) is 48.5 Å². The number of rotatable bonds is 10. The Labute approximate surface area is 210 Å². The fourth-order valence-corrected chi connectivity index (χ4v) is 4.80. The van der Waals surface area contributed by atoms with Crippen LogP contribution in [0.2, 0.25) is 0 Å². The van der Waals surface area contributed by atoms with Crippen molar-refractivity contribution in [3.05, 3.63) is 65.2 Å². The predicted molar refractivity (Wildman–Crippen MR) is 142 cm³/mol. The summed E-state index contributed by atoms with van der Waals surface area (Å²) in [5.74, 6) is -0.420. The Balaban J connectivity index is 2.19. The van der Waals surface area contributed by atoms with Gasteiger partial charge in [-0.3, -0.25) is 13.9 Å². The first-order valence-corrected chi connectivity index (χ1v) is 13.7. The molecule has 7 nitrogen and oxygen atoms in total. The molecule has 0 fully saturated rings. The van der Waals surface area contributed by atoms with Crippen molar-refractivity contribution in [3.63, 3.8) is 0 Å². The Hall–Kier alpha value is -2.87. The molecule has 0 heterocycles. The summed E-state index contributed by atoms with van der Waals surface area (Å²) in [4.78, 5) is 27.8. The molecule has 35 heavy (non-hydrogen) atoms. The standard InChI is InChI=1S/C27H39N3O4S/c1-20-14-16-23(17-15-20)19-29(22(3)26(32)28-27(4,5)6)25(31)13-10-18-30(35(7,33)34)24-12-9-8-11-21(24)2/h8-9,11-12,14-17,22H,10,13,18-19H2,1-7H3,(H,28,32)/t22-/m1/s1. The lowest BCUT2D eigenvalue weighted by molar-refractivity contribution is -0.141. The molecule has 0 aliphatic heterocycles. The second-order valence-corrected chi connectivity index (χ2v) is 12.1. The van der Waals surface area contributed by atoms with Crippen LogP contribution in [0.3, 0.4) is 0 Å². The first kappa shape index (κ1) is 28.4. The number of aryl methyl sites for hydroxylation is 2. The largest absolute Gasteiger partial charge is 0.350 e. The SMILES string of the molecule is Cc1ccc(CN(C(=O)CCCN(c2ccccc2C)S(C)(=O)=O)[C@H](C)C(=O)NC(C)(C)C)cc1. The molecule has 1 atom stereocenters. The van der Waals surface area contributed by atoms with Gasteiger partial charge in [-0.05, 0) is 65.2 Å². The topological polar surface area (TPSA) is 86.8 Å². The molecule has 2 amide bonds. The maximum Gasteiger partial charge on any atom is 0.242 e. The minimum atomic E-state index is -3.52. The molecule has 0 saturated carbocycles. The fraction of sp³-hybridized carbons (Fsp3) is 0.481. The lowest BCUT2D eigenvalue weighted by Gasteiger charge is -2.32. The highest BCUT2D eigenvalue weighted by molar-refractivity contribution is 7.92. The highest BCUT2D eigenvalue weighted by atomic mass is 32.2.